The number of aldehydes is 1. The molecule has 0 aromatic rings. The Morgan fingerprint density at radius 3 is 2.95 bits per heavy atom. The lowest BCUT2D eigenvalue weighted by Gasteiger charge is -2.19. The first-order chi connectivity index (χ1) is 9.61. The molecule has 3 atom stereocenters. The van der Waals surface area contributed by atoms with Crippen LogP contribution in [-0.2, 0) is 28.6 Å². The maximum Gasteiger partial charge on any atom is 0.533 e. The lowest BCUT2D eigenvalue weighted by molar-refractivity contribution is -0.168. The Morgan fingerprint density at radius 1 is 1.40 bits per heavy atom. The zero-order valence-corrected chi connectivity index (χ0v) is 11.1. The molecule has 0 N–H and O–H groups in total. The van der Waals surface area contributed by atoms with E-state index in [1.54, 1.807) is 0 Å². The highest BCUT2D eigenvalue weighted by Gasteiger charge is 2.44. The van der Waals surface area contributed by atoms with Gasteiger partial charge in [0, 0.05) is 19.9 Å². The zero-order chi connectivity index (χ0) is 14.5. The van der Waals surface area contributed by atoms with Crippen LogP contribution >= 0.6 is 0 Å². The Kier molecular flexibility index (Phi) is 4.91. The van der Waals surface area contributed by atoms with Crippen molar-refractivity contribution >= 4 is 18.3 Å². The highest BCUT2D eigenvalue weighted by molar-refractivity contribution is 5.78. The van der Waals surface area contributed by atoms with Crippen LogP contribution in [0.15, 0.2) is 0 Å². The molecule has 112 valence electrons. The van der Waals surface area contributed by atoms with Gasteiger partial charge in [0.15, 0.2) is 6.29 Å². The highest BCUT2D eigenvalue weighted by Crippen LogP contribution is 2.33. The van der Waals surface area contributed by atoms with Crippen LogP contribution in [0.4, 0.5) is 4.79 Å². The number of carbonyl (C=O) groups is 3. The third-order valence-electron chi connectivity index (χ3n) is 3.27. The lowest BCUT2D eigenvalue weighted by Crippen LogP contribution is -2.33. The van der Waals surface area contributed by atoms with Crippen LogP contribution in [0.5, 0.6) is 0 Å². The second kappa shape index (κ2) is 6.67. The van der Waals surface area contributed by atoms with E-state index < -0.39 is 18.2 Å². The van der Waals surface area contributed by atoms with Crippen molar-refractivity contribution in [2.24, 2.45) is 5.92 Å². The summed E-state index contributed by atoms with van der Waals surface area (Å²) in [6.45, 7) is 0.835. The minimum absolute atomic E-state index is 0.0126. The summed E-state index contributed by atoms with van der Waals surface area (Å²) in [6.07, 6.45) is -0.254. The zero-order valence-electron chi connectivity index (χ0n) is 11.1. The molecule has 2 heterocycles. The summed E-state index contributed by atoms with van der Waals surface area (Å²) in [5, 5.41) is 0.768. The monoisotopic (exact) mass is 287 g/mol. The van der Waals surface area contributed by atoms with E-state index in [4.69, 9.17) is 19.0 Å². The Labute approximate surface area is 115 Å². The first kappa shape index (κ1) is 14.7. The van der Waals surface area contributed by atoms with E-state index in [0.717, 1.165) is 11.5 Å². The lowest BCUT2D eigenvalue weighted by atomic mass is 10.0. The normalized spacial score (nSPS) is 27.8. The topological polar surface area (TPSA) is 91.4 Å². The molecule has 0 saturated carbocycles. The molecule has 2 aliphatic rings. The fraction of sp³-hybridized carbons (Fsp3) is 0.750. The number of hydrogen-bond donors (Lipinski definition) is 0. The van der Waals surface area contributed by atoms with Crippen molar-refractivity contribution < 1.29 is 33.4 Å². The fourth-order valence-corrected chi connectivity index (χ4v) is 2.20. The molecule has 0 radical (unpaired) electrons. The smallest absolute Gasteiger partial charge is 0.426 e. The van der Waals surface area contributed by atoms with Crippen molar-refractivity contribution in [2.75, 3.05) is 20.3 Å². The van der Waals surface area contributed by atoms with E-state index in [1.165, 1.54) is 7.05 Å². The first-order valence-corrected chi connectivity index (χ1v) is 6.44. The molecule has 0 aliphatic carbocycles. The molecule has 0 aromatic carbocycles. The minimum Gasteiger partial charge on any atom is -0.426 e. The third kappa shape index (κ3) is 3.45. The molecule has 0 unspecified atom stereocenters. The molecule has 2 aliphatic heterocycles. The summed E-state index contributed by atoms with van der Waals surface area (Å²) in [5.74, 6) is -0.461. The molecule has 0 bridgehead atoms. The molecule has 20 heavy (non-hydrogen) atoms. The van der Waals surface area contributed by atoms with Crippen molar-refractivity contribution in [1.29, 1.82) is 0 Å². The van der Waals surface area contributed by atoms with Crippen LogP contribution in [-0.4, -0.2) is 56.1 Å². The van der Waals surface area contributed by atoms with Crippen molar-refractivity contribution in [3.63, 3.8) is 0 Å². The number of nitrogens with zero attached hydrogens (tertiary/aromatic N) is 1. The average molecular weight is 287 g/mol. The average Bonchev–Trinajstić information content (AvgIpc) is 3.00. The minimum atomic E-state index is -0.965. The second-order valence-electron chi connectivity index (χ2n) is 4.62. The second-order valence-corrected chi connectivity index (χ2v) is 4.62. The Morgan fingerprint density at radius 2 is 2.20 bits per heavy atom. The summed E-state index contributed by atoms with van der Waals surface area (Å²) in [7, 11) is 1.29. The number of rotatable bonds is 4. The van der Waals surface area contributed by atoms with E-state index in [9.17, 15) is 14.4 Å². The Hall–Kier alpha value is -1.67. The van der Waals surface area contributed by atoms with E-state index in [0.29, 0.717) is 12.9 Å². The van der Waals surface area contributed by atoms with Crippen molar-refractivity contribution in [1.82, 2.24) is 5.06 Å². The Balaban J connectivity index is 1.74. The van der Waals surface area contributed by atoms with Gasteiger partial charge in [0.25, 0.3) is 5.91 Å². The van der Waals surface area contributed by atoms with Crippen LogP contribution < -0.4 is 0 Å². The fourth-order valence-electron chi connectivity index (χ4n) is 2.20. The molecule has 0 spiro atoms. The number of carbonyl (C=O) groups excluding carboxylic acids is 3. The van der Waals surface area contributed by atoms with Gasteiger partial charge in [-0.3, -0.25) is 4.79 Å². The van der Waals surface area contributed by atoms with Crippen LogP contribution in [0.2, 0.25) is 0 Å². The maximum absolute atomic E-state index is 11.6. The standard InChI is InChI=1S/C12H17NO7/c1-13(10(15)3-2-5-14)20-12(16)19-9-7-18-11-8(9)4-6-17-11/h5,8-9,11H,2-4,6-7H2,1H3/t8-,9-,11+/m1/s1. The van der Waals surface area contributed by atoms with E-state index >= 15 is 0 Å². The molecule has 1 amide bonds. The molecule has 8 nitrogen and oxygen atoms in total. The highest BCUT2D eigenvalue weighted by atomic mass is 16.8. The van der Waals surface area contributed by atoms with Gasteiger partial charge < -0.3 is 23.8 Å². The van der Waals surface area contributed by atoms with Crippen molar-refractivity contribution in [2.45, 2.75) is 31.7 Å². The van der Waals surface area contributed by atoms with Gasteiger partial charge in [-0.15, -0.1) is 0 Å². The summed E-state index contributed by atoms with van der Waals surface area (Å²) >= 11 is 0. The first-order valence-electron chi connectivity index (χ1n) is 6.44. The quantitative estimate of drug-likeness (QED) is 0.416. The third-order valence-corrected chi connectivity index (χ3v) is 3.27. The number of hydroxylamine groups is 2. The SMILES string of the molecule is CN(OC(=O)O[C@@H]1CO[C@@H]2OCC[C@@H]21)C(=O)CCC=O. The molecule has 2 rings (SSSR count). The van der Waals surface area contributed by atoms with Gasteiger partial charge in [-0.05, 0) is 6.42 Å². The van der Waals surface area contributed by atoms with Gasteiger partial charge in [0.2, 0.25) is 0 Å². The van der Waals surface area contributed by atoms with Gasteiger partial charge >= 0.3 is 6.16 Å². The van der Waals surface area contributed by atoms with Gasteiger partial charge in [0.1, 0.15) is 12.4 Å². The summed E-state index contributed by atoms with van der Waals surface area (Å²) in [4.78, 5) is 37.9. The van der Waals surface area contributed by atoms with Gasteiger partial charge in [-0.25, -0.2) is 4.79 Å². The van der Waals surface area contributed by atoms with Crippen LogP contribution in [0, 0.1) is 5.92 Å². The summed E-state index contributed by atoms with van der Waals surface area (Å²) in [5.41, 5.74) is 0. The van der Waals surface area contributed by atoms with Crippen LogP contribution in [0.25, 0.3) is 0 Å². The van der Waals surface area contributed by atoms with Gasteiger partial charge in [-0.2, -0.15) is 5.06 Å². The van der Waals surface area contributed by atoms with Gasteiger partial charge in [-0.1, -0.05) is 0 Å². The number of hydrogen-bond acceptors (Lipinski definition) is 7. The molecule has 8 heteroatoms. The Bertz CT molecular complexity index is 386. The van der Waals surface area contributed by atoms with E-state index in [2.05, 4.69) is 0 Å². The molecule has 2 saturated heterocycles. The predicted molar refractivity (Wildman–Crippen MR) is 63.2 cm³/mol. The van der Waals surface area contributed by atoms with E-state index in [1.807, 2.05) is 0 Å². The largest absolute Gasteiger partial charge is 0.533 e. The summed E-state index contributed by atoms with van der Waals surface area (Å²) < 4.78 is 15.7. The number of fused-ring (bicyclic) bond motifs is 1. The maximum atomic E-state index is 11.6. The van der Waals surface area contributed by atoms with Crippen molar-refractivity contribution in [3.8, 4) is 0 Å². The predicted octanol–water partition coefficient (Wildman–Crippen LogP) is 0.253. The molecular weight excluding hydrogens is 270 g/mol. The van der Waals surface area contributed by atoms with Gasteiger partial charge in [0.05, 0.1) is 19.1 Å². The number of amides is 1. The number of ether oxygens (including phenoxy) is 3. The van der Waals surface area contributed by atoms with E-state index in [-0.39, 0.29) is 31.7 Å². The van der Waals surface area contributed by atoms with Crippen LogP contribution in [0.1, 0.15) is 19.3 Å². The van der Waals surface area contributed by atoms with Crippen molar-refractivity contribution in [3.05, 3.63) is 0 Å². The van der Waals surface area contributed by atoms with Crippen LogP contribution in [0.3, 0.4) is 0 Å². The summed E-state index contributed by atoms with van der Waals surface area (Å²) in [6, 6.07) is 0. The molecule has 0 aromatic heterocycles. The molecule has 2 fully saturated rings. The molecular formula is C12H17NO7.